The lowest BCUT2D eigenvalue weighted by atomic mass is 9.94. The van der Waals surface area contributed by atoms with E-state index in [4.69, 9.17) is 9.73 Å². The molecule has 8 rings (SSSR count). The number of aryl methyl sites for hydroxylation is 4. The summed E-state index contributed by atoms with van der Waals surface area (Å²) in [5.74, 6) is 0.906. The molecule has 64 heavy (non-hydrogen) atoms. The van der Waals surface area contributed by atoms with Gasteiger partial charge >= 0.3 is 5.97 Å². The molecule has 4 aromatic carbocycles. The van der Waals surface area contributed by atoms with Gasteiger partial charge in [0.15, 0.2) is 5.82 Å². The van der Waals surface area contributed by atoms with Crippen LogP contribution in [-0.4, -0.2) is 51.4 Å². The van der Waals surface area contributed by atoms with Crippen molar-refractivity contribution < 1.29 is 22.7 Å². The smallest absolute Gasteiger partial charge is 0.306 e. The zero-order valence-corrected chi connectivity index (χ0v) is 38.5. The molecule has 1 aliphatic heterocycles. The molecule has 3 aromatic heterocycles. The van der Waals surface area contributed by atoms with Crippen molar-refractivity contribution in [2.75, 3.05) is 4.72 Å². The first-order chi connectivity index (χ1) is 30.4. The maximum atomic E-state index is 13.3. The number of H-pyrrole nitrogens is 1. The topological polar surface area (TPSA) is 184 Å². The lowest BCUT2D eigenvalue weighted by Crippen LogP contribution is -2.24. The number of esters is 1. The third kappa shape index (κ3) is 8.58. The van der Waals surface area contributed by atoms with Crippen LogP contribution in [0.5, 0.6) is 0 Å². The predicted molar refractivity (Wildman–Crippen MR) is 250 cm³/mol. The number of hydrogen-bond acceptors (Lipinski definition) is 10. The van der Waals surface area contributed by atoms with Crippen LogP contribution in [0, 0.1) is 45.9 Å². The maximum Gasteiger partial charge on any atom is 0.306 e. The van der Waals surface area contributed by atoms with Crippen LogP contribution in [0.25, 0.3) is 27.0 Å². The molecule has 0 saturated heterocycles. The largest absolute Gasteiger partial charge is 0.460 e. The van der Waals surface area contributed by atoms with E-state index in [1.165, 1.54) is 17.0 Å². The van der Waals surface area contributed by atoms with Crippen LogP contribution in [0.2, 0.25) is 0 Å². The van der Waals surface area contributed by atoms with Gasteiger partial charge in [-0.05, 0) is 126 Å². The Hall–Kier alpha value is -6.89. The summed E-state index contributed by atoms with van der Waals surface area (Å²) in [7, 11) is -3.95. The number of hydrogen-bond donors (Lipinski definition) is 3. The number of aromatic nitrogens is 4. The molecule has 7 aromatic rings. The first kappa shape index (κ1) is 43.7. The van der Waals surface area contributed by atoms with E-state index in [-0.39, 0.29) is 29.7 Å². The standard InChI is InChI=1S/C49H48N8O5S2/c1-27-9-20-39(45-42(27)36(24-50)26-51-45)56-64(60,61)37-17-10-32(11-18-37)25-52-47(59)35-16-19-38(28(2)23-35)33-12-14-34(15-13-33)44-43-29(3)30(4)63-48(43)57-31(5)54-55-46(57)40(53-44)21-22-41(58)62-49(6,7)8/h9-20,23,26,40,51,56H,21-22,25H2,1-8H3,(H,52,59)/t40-/m0/s1. The first-order valence-corrected chi connectivity index (χ1v) is 23.2. The molecular weight excluding hydrogens is 845 g/mol. The zero-order chi connectivity index (χ0) is 45.7. The molecule has 326 valence electrons. The second-order valence-electron chi connectivity index (χ2n) is 17.1. The van der Waals surface area contributed by atoms with E-state index in [1.807, 2.05) is 53.7 Å². The fraction of sp³-hybridized carbons (Fsp3) is 0.265. The number of rotatable bonds is 11. The molecule has 15 heteroatoms. The minimum absolute atomic E-state index is 0.0612. The van der Waals surface area contributed by atoms with Gasteiger partial charge in [-0.3, -0.25) is 23.9 Å². The van der Waals surface area contributed by atoms with E-state index in [0.717, 1.165) is 61.0 Å². The summed E-state index contributed by atoms with van der Waals surface area (Å²) in [5, 5.41) is 23.1. The fourth-order valence-corrected chi connectivity index (χ4v) is 10.3. The molecule has 1 amide bonds. The van der Waals surface area contributed by atoms with Crippen LogP contribution in [0.15, 0.2) is 94.9 Å². The Morgan fingerprint density at radius 3 is 2.33 bits per heavy atom. The monoisotopic (exact) mass is 892 g/mol. The molecule has 13 nitrogen and oxygen atoms in total. The molecule has 1 atom stereocenters. The lowest BCUT2D eigenvalue weighted by Gasteiger charge is -2.20. The number of carbonyl (C=O) groups is 2. The van der Waals surface area contributed by atoms with E-state index < -0.39 is 21.7 Å². The highest BCUT2D eigenvalue weighted by Crippen LogP contribution is 2.40. The molecule has 0 aliphatic carbocycles. The van der Waals surface area contributed by atoms with Crippen LogP contribution in [0.1, 0.15) is 105 Å². The number of amides is 1. The normalized spacial score (nSPS) is 13.7. The van der Waals surface area contributed by atoms with E-state index in [0.29, 0.717) is 40.0 Å². The summed E-state index contributed by atoms with van der Waals surface area (Å²) in [6.45, 7) is 15.8. The van der Waals surface area contributed by atoms with Crippen LogP contribution < -0.4 is 10.0 Å². The molecule has 0 spiro atoms. The molecule has 0 bridgehead atoms. The number of thiophene rings is 1. The maximum absolute atomic E-state index is 13.3. The number of anilines is 1. The third-order valence-corrected chi connectivity index (χ3v) is 13.9. The van der Waals surface area contributed by atoms with E-state index >= 15 is 0 Å². The SMILES string of the molecule is Cc1cc(C(=O)NCc2ccc(S(=O)(=O)Nc3ccc(C)c4c(C#N)c[nH]c34)cc2)ccc1-c1ccc(C2=N[C@@H](CCC(=O)OC(C)(C)C)c3nnc(C)n3-c3sc(C)c(C)c32)cc1. The lowest BCUT2D eigenvalue weighted by molar-refractivity contribution is -0.155. The number of benzene rings is 4. The molecule has 0 radical (unpaired) electrons. The summed E-state index contributed by atoms with van der Waals surface area (Å²) in [6, 6.07) is 25.3. The van der Waals surface area contributed by atoms with Crippen molar-refractivity contribution >= 4 is 55.5 Å². The van der Waals surface area contributed by atoms with Crippen molar-refractivity contribution in [2.24, 2.45) is 4.99 Å². The van der Waals surface area contributed by atoms with Crippen molar-refractivity contribution in [1.29, 1.82) is 5.26 Å². The predicted octanol–water partition coefficient (Wildman–Crippen LogP) is 9.64. The Morgan fingerprint density at radius 1 is 0.922 bits per heavy atom. The minimum atomic E-state index is -3.95. The number of nitrogens with zero attached hydrogens (tertiary/aromatic N) is 5. The molecule has 0 saturated carbocycles. The summed E-state index contributed by atoms with van der Waals surface area (Å²) >= 11 is 1.68. The Balaban J connectivity index is 0.964. The van der Waals surface area contributed by atoms with Gasteiger partial charge in [-0.1, -0.05) is 48.5 Å². The Kier molecular flexibility index (Phi) is 11.6. The molecule has 0 fully saturated rings. The molecule has 1 aliphatic rings. The second-order valence-corrected chi connectivity index (χ2v) is 19.9. The van der Waals surface area contributed by atoms with Gasteiger partial charge in [-0.2, -0.15) is 5.26 Å². The van der Waals surface area contributed by atoms with E-state index in [2.05, 4.69) is 74.0 Å². The van der Waals surface area contributed by atoms with Gasteiger partial charge in [-0.15, -0.1) is 21.5 Å². The van der Waals surface area contributed by atoms with Gasteiger partial charge in [-0.25, -0.2) is 8.42 Å². The number of nitriles is 1. The summed E-state index contributed by atoms with van der Waals surface area (Å²) < 4.78 is 37.0. The highest BCUT2D eigenvalue weighted by atomic mass is 32.2. The number of carbonyl (C=O) groups excluding carboxylic acids is 2. The van der Waals surface area contributed by atoms with Crippen LogP contribution >= 0.6 is 11.3 Å². The van der Waals surface area contributed by atoms with Crippen LogP contribution in [0.4, 0.5) is 5.69 Å². The quantitative estimate of drug-likeness (QED) is 0.107. The Bertz CT molecular complexity index is 3160. The van der Waals surface area contributed by atoms with Crippen molar-refractivity contribution in [3.8, 4) is 22.2 Å². The van der Waals surface area contributed by atoms with Crippen LogP contribution in [0.3, 0.4) is 0 Å². The number of sulfonamides is 1. The Morgan fingerprint density at radius 2 is 1.64 bits per heavy atom. The van der Waals surface area contributed by atoms with Crippen molar-refractivity contribution in [3.63, 3.8) is 0 Å². The number of aliphatic imine (C=N–C) groups is 1. The average molecular weight is 893 g/mol. The molecule has 0 unspecified atom stereocenters. The fourth-order valence-electron chi connectivity index (χ4n) is 8.03. The van der Waals surface area contributed by atoms with Gasteiger partial charge in [0, 0.05) is 46.1 Å². The average Bonchev–Trinajstić information content (AvgIpc) is 3.93. The van der Waals surface area contributed by atoms with Gasteiger partial charge < -0.3 is 15.0 Å². The van der Waals surface area contributed by atoms with E-state index in [1.54, 1.807) is 47.9 Å². The van der Waals surface area contributed by atoms with Crippen molar-refractivity contribution in [2.45, 2.75) is 91.3 Å². The molecule has 3 N–H and O–H groups in total. The Labute approximate surface area is 376 Å². The zero-order valence-electron chi connectivity index (χ0n) is 36.9. The summed E-state index contributed by atoms with van der Waals surface area (Å²) in [5.41, 5.74) is 9.60. The van der Waals surface area contributed by atoms with Crippen molar-refractivity contribution in [1.82, 2.24) is 25.1 Å². The highest BCUT2D eigenvalue weighted by molar-refractivity contribution is 7.92. The first-order valence-electron chi connectivity index (χ1n) is 20.9. The number of aromatic amines is 1. The minimum Gasteiger partial charge on any atom is -0.460 e. The summed E-state index contributed by atoms with van der Waals surface area (Å²) in [6.07, 6.45) is 2.16. The number of fused-ring (bicyclic) bond motifs is 4. The number of nitrogens with one attached hydrogen (secondary N) is 3. The number of ether oxygens (including phenoxy) is 1. The van der Waals surface area contributed by atoms with Gasteiger partial charge in [0.25, 0.3) is 15.9 Å². The second kappa shape index (κ2) is 17.0. The van der Waals surface area contributed by atoms with E-state index in [9.17, 15) is 23.3 Å². The van der Waals surface area contributed by atoms with Crippen LogP contribution in [-0.2, 0) is 26.1 Å². The van der Waals surface area contributed by atoms with Gasteiger partial charge in [0.2, 0.25) is 0 Å². The third-order valence-electron chi connectivity index (χ3n) is 11.3. The summed E-state index contributed by atoms with van der Waals surface area (Å²) in [4.78, 5) is 35.8. The van der Waals surface area contributed by atoms with Gasteiger partial charge in [0.1, 0.15) is 28.5 Å². The van der Waals surface area contributed by atoms with Crippen molar-refractivity contribution in [3.05, 3.63) is 146 Å². The molecule has 4 heterocycles. The van der Waals surface area contributed by atoms with Gasteiger partial charge in [0.05, 0.1) is 27.4 Å². The molecular formula is C49H48N8O5S2. The highest BCUT2D eigenvalue weighted by Gasteiger charge is 2.32.